The van der Waals surface area contributed by atoms with Crippen molar-refractivity contribution in [3.8, 4) is 11.1 Å². The molecule has 5 heteroatoms. The van der Waals surface area contributed by atoms with Gasteiger partial charge in [-0.3, -0.25) is 19.3 Å². The van der Waals surface area contributed by atoms with Crippen molar-refractivity contribution in [1.82, 2.24) is 14.5 Å². The molecule has 0 aliphatic carbocycles. The first-order chi connectivity index (χ1) is 13.3. The zero-order chi connectivity index (χ0) is 18.2. The Hall–Kier alpha value is -3.60. The van der Waals surface area contributed by atoms with Crippen LogP contribution in [0.4, 0.5) is 0 Å². The predicted octanol–water partition coefficient (Wildman–Crippen LogP) is 3.44. The Bertz CT molecular complexity index is 1260. The van der Waals surface area contributed by atoms with Crippen molar-refractivity contribution in [2.75, 3.05) is 0 Å². The minimum atomic E-state index is -0.0541. The van der Waals surface area contributed by atoms with Gasteiger partial charge in [0.2, 0.25) is 0 Å². The highest BCUT2D eigenvalue weighted by Gasteiger charge is 2.09. The Morgan fingerprint density at radius 2 is 1.96 bits per heavy atom. The van der Waals surface area contributed by atoms with Gasteiger partial charge in [0.25, 0.3) is 5.56 Å². The summed E-state index contributed by atoms with van der Waals surface area (Å²) in [7, 11) is 0. The Labute approximate surface area is 155 Å². The lowest BCUT2D eigenvalue weighted by Gasteiger charge is -2.09. The highest BCUT2D eigenvalue weighted by molar-refractivity contribution is 5.87. The van der Waals surface area contributed by atoms with Gasteiger partial charge in [-0.05, 0) is 46.0 Å². The molecule has 3 heterocycles. The summed E-state index contributed by atoms with van der Waals surface area (Å²) >= 11 is 0. The molecule has 0 unspecified atom stereocenters. The van der Waals surface area contributed by atoms with Crippen molar-refractivity contribution in [2.45, 2.75) is 13.1 Å². The number of aliphatic imine (C=N–C) groups is 1. The molecule has 5 nitrogen and oxygen atoms in total. The molecule has 0 atom stereocenters. The van der Waals surface area contributed by atoms with Gasteiger partial charge in [0.1, 0.15) is 0 Å². The average molecular weight is 352 g/mol. The minimum absolute atomic E-state index is 0.0541. The fraction of sp³-hybridized carbons (Fsp3) is 0.0909. The molecule has 0 bridgehead atoms. The van der Waals surface area contributed by atoms with Crippen LogP contribution in [0.25, 0.3) is 22.0 Å². The summed E-state index contributed by atoms with van der Waals surface area (Å²) in [4.78, 5) is 25.4. The summed E-state index contributed by atoms with van der Waals surface area (Å²) < 4.78 is 1.64. The van der Waals surface area contributed by atoms with Crippen LogP contribution in [0.15, 0.2) is 77.0 Å². The number of nitrogens with zero attached hydrogens (tertiary/aromatic N) is 4. The minimum Gasteiger partial charge on any atom is -0.294 e. The summed E-state index contributed by atoms with van der Waals surface area (Å²) in [5.41, 5.74) is 6.34. The lowest BCUT2D eigenvalue weighted by molar-refractivity contribution is 0.748. The molecule has 0 radical (unpaired) electrons. The smallest absolute Gasteiger partial charge is 0.261 e. The van der Waals surface area contributed by atoms with Gasteiger partial charge in [0.15, 0.2) is 0 Å². The van der Waals surface area contributed by atoms with Gasteiger partial charge in [-0.2, -0.15) is 0 Å². The average Bonchev–Trinajstić information content (AvgIpc) is 3.18. The molecule has 27 heavy (non-hydrogen) atoms. The second-order valence-corrected chi connectivity index (χ2v) is 6.65. The number of aromatic nitrogens is 3. The molecule has 2 aromatic heterocycles. The van der Waals surface area contributed by atoms with Gasteiger partial charge >= 0.3 is 0 Å². The van der Waals surface area contributed by atoms with Crippen molar-refractivity contribution in [1.29, 1.82) is 0 Å². The normalized spacial score (nSPS) is 12.4. The molecular weight excluding hydrogens is 336 g/mol. The standard InChI is InChI=1S/C22H16N4O/c27-22-20-6-7-23-12-21(20)25-14-26(22)13-15-2-1-3-16(8-15)17-4-5-18-10-24-11-19(18)9-17/h1-9,11-12,14H,10,13H2. The Kier molecular flexibility index (Phi) is 3.64. The molecule has 0 fully saturated rings. The molecule has 130 valence electrons. The summed E-state index contributed by atoms with van der Waals surface area (Å²) in [6.45, 7) is 1.24. The largest absolute Gasteiger partial charge is 0.294 e. The molecular formula is C22H16N4O. The van der Waals surface area contributed by atoms with E-state index in [1.54, 1.807) is 29.4 Å². The zero-order valence-corrected chi connectivity index (χ0v) is 14.5. The fourth-order valence-electron chi connectivity index (χ4n) is 3.45. The van der Waals surface area contributed by atoms with Gasteiger partial charge in [-0.15, -0.1) is 0 Å². The highest BCUT2D eigenvalue weighted by Crippen LogP contribution is 2.25. The molecule has 0 saturated heterocycles. The summed E-state index contributed by atoms with van der Waals surface area (Å²) in [5, 5.41) is 0.585. The molecule has 2 aromatic carbocycles. The van der Waals surface area contributed by atoms with Crippen LogP contribution in [0.1, 0.15) is 16.7 Å². The molecule has 0 N–H and O–H groups in total. The van der Waals surface area contributed by atoms with Crippen LogP contribution in [-0.2, 0) is 13.1 Å². The van der Waals surface area contributed by atoms with E-state index in [1.807, 2.05) is 18.3 Å². The number of hydrogen-bond donors (Lipinski definition) is 0. The predicted molar refractivity (Wildman–Crippen MR) is 106 cm³/mol. The molecule has 0 spiro atoms. The van der Waals surface area contributed by atoms with E-state index in [0.717, 1.165) is 23.2 Å². The van der Waals surface area contributed by atoms with Crippen LogP contribution in [0.3, 0.4) is 0 Å². The Morgan fingerprint density at radius 3 is 2.93 bits per heavy atom. The first-order valence-corrected chi connectivity index (χ1v) is 8.79. The lowest BCUT2D eigenvalue weighted by atomic mass is 9.99. The fourth-order valence-corrected chi connectivity index (χ4v) is 3.45. The van der Waals surface area contributed by atoms with Crippen molar-refractivity contribution >= 4 is 17.1 Å². The lowest BCUT2D eigenvalue weighted by Crippen LogP contribution is -2.21. The van der Waals surface area contributed by atoms with Gasteiger partial charge in [-0.25, -0.2) is 4.98 Å². The van der Waals surface area contributed by atoms with Crippen molar-refractivity contribution in [3.63, 3.8) is 0 Å². The quantitative estimate of drug-likeness (QED) is 0.567. The number of benzene rings is 2. The third kappa shape index (κ3) is 2.83. The third-order valence-electron chi connectivity index (χ3n) is 4.88. The van der Waals surface area contributed by atoms with E-state index in [9.17, 15) is 4.79 Å². The van der Waals surface area contributed by atoms with Gasteiger partial charge < -0.3 is 0 Å². The Morgan fingerprint density at radius 1 is 1.04 bits per heavy atom. The maximum absolute atomic E-state index is 12.7. The second-order valence-electron chi connectivity index (χ2n) is 6.65. The van der Waals surface area contributed by atoms with E-state index in [0.29, 0.717) is 17.4 Å². The molecule has 1 aliphatic heterocycles. The van der Waals surface area contributed by atoms with Crippen LogP contribution < -0.4 is 5.56 Å². The number of rotatable bonds is 3. The van der Waals surface area contributed by atoms with Gasteiger partial charge in [-0.1, -0.05) is 30.3 Å². The summed E-state index contributed by atoms with van der Waals surface area (Å²) in [6, 6.07) is 16.4. The Balaban J connectivity index is 1.50. The molecule has 0 saturated carbocycles. The van der Waals surface area contributed by atoms with E-state index in [1.165, 1.54) is 11.1 Å². The van der Waals surface area contributed by atoms with E-state index < -0.39 is 0 Å². The van der Waals surface area contributed by atoms with Crippen LogP contribution in [0.5, 0.6) is 0 Å². The van der Waals surface area contributed by atoms with E-state index in [4.69, 9.17) is 0 Å². The maximum atomic E-state index is 12.7. The zero-order valence-electron chi connectivity index (χ0n) is 14.5. The number of pyridine rings is 1. The van der Waals surface area contributed by atoms with Crippen LogP contribution in [0.2, 0.25) is 0 Å². The first-order valence-electron chi connectivity index (χ1n) is 8.79. The van der Waals surface area contributed by atoms with Crippen molar-refractivity contribution in [3.05, 3.63) is 94.3 Å². The third-order valence-corrected chi connectivity index (χ3v) is 4.88. The number of fused-ring (bicyclic) bond motifs is 2. The van der Waals surface area contributed by atoms with Gasteiger partial charge in [0.05, 0.1) is 36.5 Å². The second kappa shape index (κ2) is 6.29. The summed E-state index contributed by atoms with van der Waals surface area (Å²) in [6.07, 6.45) is 6.75. The van der Waals surface area contributed by atoms with Gasteiger partial charge in [0, 0.05) is 12.4 Å². The van der Waals surface area contributed by atoms with Crippen LogP contribution >= 0.6 is 0 Å². The molecule has 4 aromatic rings. The topological polar surface area (TPSA) is 60.1 Å². The summed E-state index contributed by atoms with van der Waals surface area (Å²) in [5.74, 6) is 0. The molecule has 5 rings (SSSR count). The number of hydrogen-bond acceptors (Lipinski definition) is 4. The molecule has 0 amide bonds. The first kappa shape index (κ1) is 15.6. The highest BCUT2D eigenvalue weighted by atomic mass is 16.1. The molecule has 1 aliphatic rings. The van der Waals surface area contributed by atoms with Crippen LogP contribution in [0, 0.1) is 0 Å². The monoisotopic (exact) mass is 352 g/mol. The van der Waals surface area contributed by atoms with Crippen LogP contribution in [-0.4, -0.2) is 20.7 Å². The maximum Gasteiger partial charge on any atom is 0.261 e. The SMILES string of the molecule is O=c1c2ccncc2ncn1Cc1cccc(-c2ccc3c(c2)C=NC3)c1. The van der Waals surface area contributed by atoms with Crippen molar-refractivity contribution in [2.24, 2.45) is 4.99 Å². The van der Waals surface area contributed by atoms with E-state index in [2.05, 4.69) is 45.3 Å². The van der Waals surface area contributed by atoms with Crippen molar-refractivity contribution < 1.29 is 0 Å². The van der Waals surface area contributed by atoms with E-state index in [-0.39, 0.29) is 5.56 Å². The van der Waals surface area contributed by atoms with E-state index >= 15 is 0 Å².